The van der Waals surface area contributed by atoms with Crippen molar-refractivity contribution in [1.82, 2.24) is 0 Å². The van der Waals surface area contributed by atoms with Gasteiger partial charge in [-0.3, -0.25) is 0 Å². The molecule has 0 aliphatic rings. The van der Waals surface area contributed by atoms with Crippen LogP contribution in [0.3, 0.4) is 0 Å². The Morgan fingerprint density at radius 1 is 0.857 bits per heavy atom. The van der Waals surface area contributed by atoms with Crippen LogP contribution in [-0.4, -0.2) is 28.6 Å². The van der Waals surface area contributed by atoms with Gasteiger partial charge < -0.3 is 13.3 Å². The molecule has 0 radical (unpaired) electrons. The first-order valence-electron chi connectivity index (χ1n) is 7.82. The Balaban J connectivity index is 2.43. The maximum Gasteiger partial charge on any atom is 0.500 e. The highest BCUT2D eigenvalue weighted by atomic mass is 28.4. The standard InChI is InChI=1S/C16H27FO3Si/c1-4-18-21(19-5-2,20-6-3)14-8-7-9-15-10-12-16(17)13-11-15/h10-13H,4-9,14H2,1-3H3. The van der Waals surface area contributed by atoms with Crippen LogP contribution in [0.25, 0.3) is 0 Å². The zero-order valence-electron chi connectivity index (χ0n) is 13.4. The van der Waals surface area contributed by atoms with Gasteiger partial charge in [-0.1, -0.05) is 12.1 Å². The van der Waals surface area contributed by atoms with E-state index in [1.54, 1.807) is 0 Å². The molecule has 0 amide bonds. The van der Waals surface area contributed by atoms with E-state index in [0.29, 0.717) is 19.8 Å². The van der Waals surface area contributed by atoms with E-state index in [4.69, 9.17) is 13.3 Å². The van der Waals surface area contributed by atoms with Crippen molar-refractivity contribution in [3.8, 4) is 0 Å². The van der Waals surface area contributed by atoms with E-state index in [2.05, 4.69) is 0 Å². The van der Waals surface area contributed by atoms with E-state index >= 15 is 0 Å². The molecule has 0 spiro atoms. The molecule has 5 heteroatoms. The lowest BCUT2D eigenvalue weighted by Crippen LogP contribution is -2.45. The SMILES string of the molecule is CCO[Si](CCCCc1ccc(F)cc1)(OCC)OCC. The molecule has 0 N–H and O–H groups in total. The largest absolute Gasteiger partial charge is 0.500 e. The fourth-order valence-corrected chi connectivity index (χ4v) is 5.01. The molecule has 0 atom stereocenters. The Kier molecular flexibility index (Phi) is 8.76. The summed E-state index contributed by atoms with van der Waals surface area (Å²) in [5.74, 6) is -0.186. The minimum absolute atomic E-state index is 0.186. The number of halogens is 1. The van der Waals surface area contributed by atoms with Crippen molar-refractivity contribution in [2.45, 2.75) is 46.1 Å². The van der Waals surface area contributed by atoms with Crippen LogP contribution in [0.2, 0.25) is 6.04 Å². The van der Waals surface area contributed by atoms with Gasteiger partial charge in [-0.25, -0.2) is 4.39 Å². The van der Waals surface area contributed by atoms with E-state index in [1.807, 2.05) is 32.9 Å². The lowest BCUT2D eigenvalue weighted by atomic mass is 10.1. The van der Waals surface area contributed by atoms with Crippen molar-refractivity contribution in [2.24, 2.45) is 0 Å². The van der Waals surface area contributed by atoms with E-state index in [0.717, 1.165) is 30.9 Å². The fourth-order valence-electron chi connectivity index (χ4n) is 2.32. The smallest absolute Gasteiger partial charge is 0.374 e. The highest BCUT2D eigenvalue weighted by molar-refractivity contribution is 6.60. The average molecular weight is 314 g/mol. The van der Waals surface area contributed by atoms with Gasteiger partial charge in [0.25, 0.3) is 0 Å². The molecule has 3 nitrogen and oxygen atoms in total. The van der Waals surface area contributed by atoms with Gasteiger partial charge in [0.05, 0.1) is 0 Å². The van der Waals surface area contributed by atoms with Crippen LogP contribution in [0.1, 0.15) is 39.2 Å². The molecule has 0 heterocycles. The lowest BCUT2D eigenvalue weighted by Gasteiger charge is -2.28. The molecule has 0 unspecified atom stereocenters. The van der Waals surface area contributed by atoms with Crippen LogP contribution in [0.4, 0.5) is 4.39 Å². The van der Waals surface area contributed by atoms with Crippen molar-refractivity contribution in [2.75, 3.05) is 19.8 Å². The second-order valence-electron chi connectivity index (χ2n) is 4.82. The Morgan fingerprint density at radius 3 is 1.86 bits per heavy atom. The quantitative estimate of drug-likeness (QED) is 0.452. The second kappa shape index (κ2) is 10.1. The Labute approximate surface area is 128 Å². The number of hydrogen-bond donors (Lipinski definition) is 0. The molecule has 0 saturated carbocycles. The van der Waals surface area contributed by atoms with E-state index < -0.39 is 8.80 Å². The molecule has 120 valence electrons. The van der Waals surface area contributed by atoms with E-state index in [1.165, 1.54) is 12.1 Å². The van der Waals surface area contributed by atoms with Gasteiger partial charge in [0.1, 0.15) is 5.82 Å². The van der Waals surface area contributed by atoms with Gasteiger partial charge in [0, 0.05) is 25.9 Å². The van der Waals surface area contributed by atoms with E-state index in [9.17, 15) is 4.39 Å². The van der Waals surface area contributed by atoms with Gasteiger partial charge in [0.2, 0.25) is 0 Å². The Hall–Kier alpha value is -0.753. The number of benzene rings is 1. The zero-order valence-corrected chi connectivity index (χ0v) is 14.4. The Bertz CT molecular complexity index is 367. The molecule has 1 aromatic carbocycles. The summed E-state index contributed by atoms with van der Waals surface area (Å²) in [5, 5.41) is 0. The van der Waals surface area contributed by atoms with Crippen LogP contribution >= 0.6 is 0 Å². The van der Waals surface area contributed by atoms with Gasteiger partial charge in [-0.2, -0.15) is 0 Å². The predicted molar refractivity (Wildman–Crippen MR) is 84.8 cm³/mol. The molecule has 1 aromatic rings. The maximum absolute atomic E-state index is 12.8. The van der Waals surface area contributed by atoms with Crippen molar-refractivity contribution >= 4 is 8.80 Å². The third-order valence-electron chi connectivity index (χ3n) is 3.20. The van der Waals surface area contributed by atoms with Gasteiger partial charge in [-0.05, 0) is 57.7 Å². The summed E-state index contributed by atoms with van der Waals surface area (Å²) in [5.41, 5.74) is 1.16. The van der Waals surface area contributed by atoms with Crippen LogP contribution in [0, 0.1) is 5.82 Å². The molecule has 0 aliphatic carbocycles. The van der Waals surface area contributed by atoms with Crippen LogP contribution < -0.4 is 0 Å². The van der Waals surface area contributed by atoms with Crippen molar-refractivity contribution in [3.05, 3.63) is 35.6 Å². The molecule has 0 aliphatic heterocycles. The average Bonchev–Trinajstić information content (AvgIpc) is 2.46. The summed E-state index contributed by atoms with van der Waals surface area (Å²) in [4.78, 5) is 0. The molecular weight excluding hydrogens is 287 g/mol. The third-order valence-corrected chi connectivity index (χ3v) is 6.36. The maximum atomic E-state index is 12.8. The van der Waals surface area contributed by atoms with Gasteiger partial charge in [0.15, 0.2) is 0 Å². The van der Waals surface area contributed by atoms with Gasteiger partial charge >= 0.3 is 8.80 Å². The third kappa shape index (κ3) is 6.69. The monoisotopic (exact) mass is 314 g/mol. The summed E-state index contributed by atoms with van der Waals surface area (Å²) in [6.45, 7) is 7.76. The molecule has 0 saturated heterocycles. The molecular formula is C16H27FO3Si. The minimum atomic E-state index is -2.50. The number of hydrogen-bond acceptors (Lipinski definition) is 3. The minimum Gasteiger partial charge on any atom is -0.374 e. The topological polar surface area (TPSA) is 27.7 Å². The number of aryl methyl sites for hydroxylation is 1. The highest BCUT2D eigenvalue weighted by Gasteiger charge is 2.39. The molecule has 0 aromatic heterocycles. The first-order valence-corrected chi connectivity index (χ1v) is 9.75. The molecule has 21 heavy (non-hydrogen) atoms. The molecule has 0 fully saturated rings. The van der Waals surface area contributed by atoms with Crippen molar-refractivity contribution in [1.29, 1.82) is 0 Å². The molecule has 1 rings (SSSR count). The number of rotatable bonds is 11. The fraction of sp³-hybridized carbons (Fsp3) is 0.625. The predicted octanol–water partition coefficient (Wildman–Crippen LogP) is 4.20. The Morgan fingerprint density at radius 2 is 1.38 bits per heavy atom. The summed E-state index contributed by atoms with van der Waals surface area (Å²) in [7, 11) is -2.50. The highest BCUT2D eigenvalue weighted by Crippen LogP contribution is 2.20. The van der Waals surface area contributed by atoms with Crippen molar-refractivity contribution < 1.29 is 17.7 Å². The van der Waals surface area contributed by atoms with Gasteiger partial charge in [-0.15, -0.1) is 0 Å². The first-order chi connectivity index (χ1) is 10.2. The lowest BCUT2D eigenvalue weighted by molar-refractivity contribution is 0.0707. The van der Waals surface area contributed by atoms with Crippen molar-refractivity contribution in [3.63, 3.8) is 0 Å². The molecule has 0 bridgehead atoms. The van der Waals surface area contributed by atoms with Crippen LogP contribution in [0.5, 0.6) is 0 Å². The van der Waals surface area contributed by atoms with Crippen LogP contribution in [-0.2, 0) is 19.7 Å². The summed E-state index contributed by atoms with van der Waals surface area (Å²) < 4.78 is 30.3. The summed E-state index contributed by atoms with van der Waals surface area (Å²) in [6.07, 6.45) is 2.95. The zero-order chi connectivity index (χ0) is 15.6. The number of unbranched alkanes of at least 4 members (excludes halogenated alkanes) is 1. The normalized spacial score (nSPS) is 11.8. The summed E-state index contributed by atoms with van der Waals surface area (Å²) >= 11 is 0. The summed E-state index contributed by atoms with van der Waals surface area (Å²) in [6, 6.07) is 7.54. The first kappa shape index (κ1) is 18.3. The van der Waals surface area contributed by atoms with E-state index in [-0.39, 0.29) is 5.82 Å². The van der Waals surface area contributed by atoms with Crippen LogP contribution in [0.15, 0.2) is 24.3 Å². The second-order valence-corrected chi connectivity index (χ2v) is 7.55.